The molecule has 0 atom stereocenters. The molecule has 0 saturated heterocycles. The summed E-state index contributed by atoms with van der Waals surface area (Å²) in [6.07, 6.45) is 3.75. The monoisotopic (exact) mass is 284 g/mol. The zero-order chi connectivity index (χ0) is 14.7. The molecule has 110 valence electrons. The van der Waals surface area contributed by atoms with E-state index in [0.29, 0.717) is 0 Å². The molecule has 1 amide bonds. The molecule has 0 aromatic heterocycles. The van der Waals surface area contributed by atoms with Gasteiger partial charge in [0.15, 0.2) is 11.6 Å². The highest BCUT2D eigenvalue weighted by molar-refractivity contribution is 5.99. The van der Waals surface area contributed by atoms with Crippen LogP contribution in [0.5, 0.6) is 0 Å². The SMILES string of the molecule is Nc1cc(F)c(F)cc1C(=O)N(CCO)C1CCCC1. The number of hydrogen-bond acceptors (Lipinski definition) is 3. The summed E-state index contributed by atoms with van der Waals surface area (Å²) in [4.78, 5) is 14.0. The van der Waals surface area contributed by atoms with Gasteiger partial charge < -0.3 is 15.7 Å². The van der Waals surface area contributed by atoms with Gasteiger partial charge in [0.1, 0.15) is 0 Å². The van der Waals surface area contributed by atoms with Gasteiger partial charge in [0.05, 0.1) is 12.2 Å². The van der Waals surface area contributed by atoms with Crippen LogP contribution < -0.4 is 5.73 Å². The van der Waals surface area contributed by atoms with Gasteiger partial charge in [-0.25, -0.2) is 8.78 Å². The smallest absolute Gasteiger partial charge is 0.256 e. The summed E-state index contributed by atoms with van der Waals surface area (Å²) in [6, 6.07) is 1.67. The van der Waals surface area contributed by atoms with E-state index in [-0.39, 0.29) is 30.4 Å². The van der Waals surface area contributed by atoms with Crippen LogP contribution >= 0.6 is 0 Å². The van der Waals surface area contributed by atoms with Crippen molar-refractivity contribution < 1.29 is 18.7 Å². The van der Waals surface area contributed by atoms with Gasteiger partial charge in [0.2, 0.25) is 0 Å². The highest BCUT2D eigenvalue weighted by Gasteiger charge is 2.28. The number of rotatable bonds is 4. The van der Waals surface area contributed by atoms with Gasteiger partial charge in [0, 0.05) is 24.3 Å². The van der Waals surface area contributed by atoms with Gasteiger partial charge in [-0.3, -0.25) is 4.79 Å². The van der Waals surface area contributed by atoms with E-state index in [9.17, 15) is 13.6 Å². The molecule has 1 aromatic carbocycles. The molecular formula is C14H18F2N2O2. The summed E-state index contributed by atoms with van der Waals surface area (Å²) in [7, 11) is 0. The molecule has 0 heterocycles. The third-order valence-corrected chi connectivity index (χ3v) is 3.69. The normalized spacial score (nSPS) is 15.6. The van der Waals surface area contributed by atoms with Crippen LogP contribution in [-0.4, -0.2) is 35.1 Å². The summed E-state index contributed by atoms with van der Waals surface area (Å²) in [6.45, 7) is -0.00619. The molecule has 1 aromatic rings. The average Bonchev–Trinajstić information content (AvgIpc) is 2.93. The third-order valence-electron chi connectivity index (χ3n) is 3.69. The quantitative estimate of drug-likeness (QED) is 0.830. The van der Waals surface area contributed by atoms with Crippen LogP contribution in [0, 0.1) is 11.6 Å². The van der Waals surface area contributed by atoms with Crippen LogP contribution in [0.25, 0.3) is 0 Å². The van der Waals surface area contributed by atoms with E-state index >= 15 is 0 Å². The molecule has 1 aliphatic carbocycles. The summed E-state index contributed by atoms with van der Waals surface area (Å²) in [5.41, 5.74) is 5.47. The Morgan fingerprint density at radius 3 is 2.50 bits per heavy atom. The molecule has 1 fully saturated rings. The van der Waals surface area contributed by atoms with Gasteiger partial charge in [-0.15, -0.1) is 0 Å². The van der Waals surface area contributed by atoms with Gasteiger partial charge in [0.25, 0.3) is 5.91 Å². The van der Waals surface area contributed by atoms with Gasteiger partial charge in [-0.2, -0.15) is 0 Å². The molecule has 0 radical (unpaired) electrons. The van der Waals surface area contributed by atoms with Gasteiger partial charge >= 0.3 is 0 Å². The molecule has 0 spiro atoms. The topological polar surface area (TPSA) is 66.6 Å². The fourth-order valence-corrected chi connectivity index (χ4v) is 2.68. The molecule has 3 N–H and O–H groups in total. The Kier molecular flexibility index (Phi) is 4.54. The van der Waals surface area contributed by atoms with Crippen molar-refractivity contribution in [3.05, 3.63) is 29.3 Å². The Labute approximate surface area is 116 Å². The Morgan fingerprint density at radius 2 is 1.90 bits per heavy atom. The Bertz CT molecular complexity index is 502. The minimum Gasteiger partial charge on any atom is -0.398 e. The minimum atomic E-state index is -1.10. The zero-order valence-electron chi connectivity index (χ0n) is 11.1. The number of aliphatic hydroxyl groups is 1. The lowest BCUT2D eigenvalue weighted by atomic mass is 10.1. The van der Waals surface area contributed by atoms with Crippen LogP contribution in [-0.2, 0) is 0 Å². The fraction of sp³-hybridized carbons (Fsp3) is 0.500. The first kappa shape index (κ1) is 14.7. The van der Waals surface area contributed by atoms with Gasteiger partial charge in [-0.05, 0) is 18.9 Å². The Morgan fingerprint density at radius 1 is 1.30 bits per heavy atom. The maximum atomic E-state index is 13.3. The number of anilines is 1. The second-order valence-corrected chi connectivity index (χ2v) is 5.01. The third kappa shape index (κ3) is 2.90. The van der Waals surface area contributed by atoms with Crippen molar-refractivity contribution in [1.82, 2.24) is 4.90 Å². The molecule has 1 aliphatic rings. The Hall–Kier alpha value is -1.69. The number of aliphatic hydroxyl groups excluding tert-OH is 1. The first-order valence-corrected chi connectivity index (χ1v) is 6.71. The molecule has 0 unspecified atom stereocenters. The van der Waals surface area contributed by atoms with E-state index in [1.165, 1.54) is 4.90 Å². The lowest BCUT2D eigenvalue weighted by Gasteiger charge is -2.28. The van der Waals surface area contributed by atoms with Crippen molar-refractivity contribution in [2.24, 2.45) is 0 Å². The zero-order valence-corrected chi connectivity index (χ0v) is 11.1. The molecule has 6 heteroatoms. The predicted octanol–water partition coefficient (Wildman–Crippen LogP) is 1.92. The number of nitrogens with two attached hydrogens (primary N) is 1. The lowest BCUT2D eigenvalue weighted by Crippen LogP contribution is -2.41. The van der Waals surface area contributed by atoms with Crippen molar-refractivity contribution in [3.8, 4) is 0 Å². The van der Waals surface area contributed by atoms with E-state index in [1.54, 1.807) is 0 Å². The molecule has 0 aliphatic heterocycles. The second-order valence-electron chi connectivity index (χ2n) is 5.01. The van der Waals surface area contributed by atoms with Crippen molar-refractivity contribution in [3.63, 3.8) is 0 Å². The van der Waals surface area contributed by atoms with E-state index in [4.69, 9.17) is 10.8 Å². The summed E-state index contributed by atoms with van der Waals surface area (Å²) < 4.78 is 26.3. The highest BCUT2D eigenvalue weighted by atomic mass is 19.2. The number of hydrogen-bond donors (Lipinski definition) is 2. The number of nitrogens with zero attached hydrogens (tertiary/aromatic N) is 1. The number of nitrogen functional groups attached to an aromatic ring is 1. The van der Waals surface area contributed by atoms with E-state index < -0.39 is 17.5 Å². The second kappa shape index (κ2) is 6.17. The number of carbonyl (C=O) groups is 1. The standard InChI is InChI=1S/C14H18F2N2O2/c15-11-7-10(13(17)8-12(11)16)14(20)18(5-6-19)9-3-1-2-4-9/h7-9,19H,1-6,17H2. The molecule has 2 rings (SSSR count). The van der Waals surface area contributed by atoms with Crippen molar-refractivity contribution >= 4 is 11.6 Å². The molecular weight excluding hydrogens is 266 g/mol. The summed E-state index contributed by atoms with van der Waals surface area (Å²) in [5.74, 6) is -2.63. The summed E-state index contributed by atoms with van der Waals surface area (Å²) >= 11 is 0. The average molecular weight is 284 g/mol. The van der Waals surface area contributed by atoms with E-state index in [1.807, 2.05) is 0 Å². The van der Waals surface area contributed by atoms with Crippen molar-refractivity contribution in [1.29, 1.82) is 0 Å². The maximum absolute atomic E-state index is 13.3. The van der Waals surface area contributed by atoms with Crippen molar-refractivity contribution in [2.45, 2.75) is 31.7 Å². The van der Waals surface area contributed by atoms with Crippen LogP contribution in [0.3, 0.4) is 0 Å². The highest BCUT2D eigenvalue weighted by Crippen LogP contribution is 2.26. The Balaban J connectivity index is 2.29. The first-order chi connectivity index (χ1) is 9.54. The van der Waals surface area contributed by atoms with Gasteiger partial charge in [-0.1, -0.05) is 12.8 Å². The molecule has 20 heavy (non-hydrogen) atoms. The summed E-state index contributed by atoms with van der Waals surface area (Å²) in [5, 5.41) is 9.10. The minimum absolute atomic E-state index is 0.0298. The number of benzene rings is 1. The lowest BCUT2D eigenvalue weighted by molar-refractivity contribution is 0.0638. The first-order valence-electron chi connectivity index (χ1n) is 6.71. The largest absolute Gasteiger partial charge is 0.398 e. The number of carbonyl (C=O) groups excluding carboxylic acids is 1. The molecule has 1 saturated carbocycles. The van der Waals surface area contributed by atoms with Crippen LogP contribution in [0.15, 0.2) is 12.1 Å². The van der Waals surface area contributed by atoms with Crippen LogP contribution in [0.4, 0.5) is 14.5 Å². The fourth-order valence-electron chi connectivity index (χ4n) is 2.68. The van der Waals surface area contributed by atoms with Crippen LogP contribution in [0.1, 0.15) is 36.0 Å². The van der Waals surface area contributed by atoms with Crippen molar-refractivity contribution in [2.75, 3.05) is 18.9 Å². The maximum Gasteiger partial charge on any atom is 0.256 e. The van der Waals surface area contributed by atoms with Crippen LogP contribution in [0.2, 0.25) is 0 Å². The molecule has 0 bridgehead atoms. The van der Waals surface area contributed by atoms with E-state index in [2.05, 4.69) is 0 Å². The predicted molar refractivity (Wildman–Crippen MR) is 71.1 cm³/mol. The number of amides is 1. The number of halogens is 2. The van der Waals surface area contributed by atoms with E-state index in [0.717, 1.165) is 37.8 Å². The molecule has 4 nitrogen and oxygen atoms in total.